The summed E-state index contributed by atoms with van der Waals surface area (Å²) in [5, 5.41) is 0. The summed E-state index contributed by atoms with van der Waals surface area (Å²) in [4.78, 5) is 0. The zero-order valence-corrected chi connectivity index (χ0v) is 10.9. The summed E-state index contributed by atoms with van der Waals surface area (Å²) in [5.74, 6) is 0. The van der Waals surface area contributed by atoms with Crippen LogP contribution in [0.2, 0.25) is 0 Å². The van der Waals surface area contributed by atoms with Crippen LogP contribution in [0.5, 0.6) is 0 Å². The first-order valence-corrected chi connectivity index (χ1v) is 5.55. The minimum atomic E-state index is -2.85. The summed E-state index contributed by atoms with van der Waals surface area (Å²) in [6.45, 7) is 0. The third-order valence-electron chi connectivity index (χ3n) is 0. The molecule has 0 bridgehead atoms. The third-order valence-corrected chi connectivity index (χ3v) is 0. The van der Waals surface area contributed by atoms with Crippen LogP contribution in [0, 0.1) is 43.1 Å². The van der Waals surface area contributed by atoms with E-state index in [2.05, 4.69) is 0 Å². The van der Waals surface area contributed by atoms with E-state index in [1.54, 1.807) is 0 Å². The second-order valence-electron chi connectivity index (χ2n) is 0.756. The van der Waals surface area contributed by atoms with Crippen molar-refractivity contribution in [2.45, 2.75) is 0 Å². The Morgan fingerprint density at radius 2 is 0.294 bits per heavy atom. The molecule has 12 nitrogen and oxygen atoms in total. The van der Waals surface area contributed by atoms with Crippen LogP contribution in [-0.4, -0.2) is 0 Å². The van der Waals surface area contributed by atoms with Crippen LogP contribution in [0.15, 0.2) is 0 Å². The zero-order valence-electron chi connectivity index (χ0n) is 6.76. The SMILES string of the molecule is [Fe+4].[O-][Cl+2]([O-])[O-].[O-][Cl+2]([O-])[O-].[O-][Cl+2]([O-])[O-].[O-][Cl+2]([O-])[O-]. The summed E-state index contributed by atoms with van der Waals surface area (Å²) in [6.07, 6.45) is 0. The van der Waals surface area contributed by atoms with Crippen LogP contribution in [0.1, 0.15) is 0 Å². The van der Waals surface area contributed by atoms with Crippen molar-refractivity contribution < 1.29 is 116 Å². The molecule has 0 fully saturated rings. The van der Waals surface area contributed by atoms with Gasteiger partial charge in [0.2, 0.25) is 0 Å². The van der Waals surface area contributed by atoms with E-state index in [1.807, 2.05) is 0 Å². The topological polar surface area (TPSA) is 277 Å². The molecule has 0 N–H and O–H groups in total. The molecule has 0 rings (SSSR count). The molecule has 17 heteroatoms. The first kappa shape index (κ1) is 30.9. The molecular formula is Cl4FeO12. The molecule has 17 heavy (non-hydrogen) atoms. The van der Waals surface area contributed by atoms with Crippen LogP contribution >= 0.6 is 0 Å². The first-order chi connectivity index (χ1) is 6.93. The van der Waals surface area contributed by atoms with E-state index in [0.29, 0.717) is 0 Å². The fraction of sp³-hybridized carbons (Fsp3) is 0. The fourth-order valence-electron chi connectivity index (χ4n) is 0. The molecule has 0 heterocycles. The normalized spacial score (nSPS) is 8.47. The Morgan fingerprint density at radius 1 is 0.294 bits per heavy atom. The van der Waals surface area contributed by atoms with Crippen molar-refractivity contribution in [1.29, 1.82) is 0 Å². The summed E-state index contributed by atoms with van der Waals surface area (Å²) in [5.41, 5.74) is 0. The van der Waals surface area contributed by atoms with Gasteiger partial charge in [-0.05, 0) is 0 Å². The maximum atomic E-state index is 8.41. The Bertz CT molecular complexity index is 61.5. The van der Waals surface area contributed by atoms with E-state index < -0.39 is 43.1 Å². The van der Waals surface area contributed by atoms with Gasteiger partial charge in [-0.3, -0.25) is 0 Å². The van der Waals surface area contributed by atoms with Crippen LogP contribution in [0.3, 0.4) is 0 Å². The largest absolute Gasteiger partial charge is 4.00 e. The summed E-state index contributed by atoms with van der Waals surface area (Å²) < 4.78 is 101. The molecule has 0 radical (unpaired) electrons. The molecule has 0 saturated carbocycles. The van der Waals surface area contributed by atoms with Crippen molar-refractivity contribution in [2.24, 2.45) is 0 Å². The van der Waals surface area contributed by atoms with Gasteiger partial charge in [-0.1, -0.05) is 0 Å². The molecule has 0 aromatic carbocycles. The quantitative estimate of drug-likeness (QED) is 0.349. The van der Waals surface area contributed by atoms with Gasteiger partial charge < -0.3 is 55.9 Å². The Kier molecular flexibility index (Phi) is 47.1. The smallest absolute Gasteiger partial charge is 0.357 e. The molecule has 0 unspecified atom stereocenters. The van der Waals surface area contributed by atoms with Gasteiger partial charge >= 0.3 is 17.1 Å². The van der Waals surface area contributed by atoms with Crippen LogP contribution in [-0.2, 0) is 17.1 Å². The van der Waals surface area contributed by atoms with E-state index in [0.717, 1.165) is 0 Å². The Balaban J connectivity index is -0.0000000369. The molecular weight excluding hydrogens is 390 g/mol. The molecule has 0 amide bonds. The van der Waals surface area contributed by atoms with E-state index in [-0.39, 0.29) is 17.1 Å². The van der Waals surface area contributed by atoms with Crippen LogP contribution < -0.4 is 55.9 Å². The van der Waals surface area contributed by atoms with Gasteiger partial charge in [0.25, 0.3) is 0 Å². The van der Waals surface area contributed by atoms with E-state index in [1.165, 1.54) is 0 Å². The van der Waals surface area contributed by atoms with Crippen molar-refractivity contribution in [1.82, 2.24) is 0 Å². The molecule has 0 aliphatic carbocycles. The number of hydrogen-bond acceptors (Lipinski definition) is 12. The van der Waals surface area contributed by atoms with Crippen molar-refractivity contribution in [3.05, 3.63) is 0 Å². The minimum absolute atomic E-state index is 0. The van der Waals surface area contributed by atoms with Crippen molar-refractivity contribution in [3.63, 3.8) is 0 Å². The third kappa shape index (κ3) is 2760. The molecule has 0 spiro atoms. The van der Waals surface area contributed by atoms with Crippen molar-refractivity contribution >= 4 is 0 Å². The number of hydrogen-bond donors (Lipinski definition) is 0. The summed E-state index contributed by atoms with van der Waals surface area (Å²) >= 11 is 0. The zero-order chi connectivity index (χ0) is 14.3. The average Bonchev–Trinajstić information content (AvgIpc) is 1.76. The van der Waals surface area contributed by atoms with Crippen LogP contribution in [0.25, 0.3) is 0 Å². The van der Waals surface area contributed by atoms with Gasteiger partial charge in [0.15, 0.2) is 0 Å². The molecule has 0 aromatic rings. The summed E-state index contributed by atoms with van der Waals surface area (Å²) in [7, 11) is -11.4. The monoisotopic (exact) mass is 388 g/mol. The maximum Gasteiger partial charge on any atom is 4.00 e. The standard InChI is InChI=1S/4ClO3.Fe/c4*2-1(3)4;/q4*-1;+4. The predicted octanol–water partition coefficient (Wildman–Crippen LogP) is -14.3. The second kappa shape index (κ2) is 25.9. The van der Waals surface area contributed by atoms with Gasteiger partial charge in [0.1, 0.15) is 0 Å². The number of rotatable bonds is 0. The Labute approximate surface area is 116 Å². The minimum Gasteiger partial charge on any atom is -0.357 e. The van der Waals surface area contributed by atoms with E-state index in [4.69, 9.17) is 55.9 Å². The van der Waals surface area contributed by atoms with Crippen molar-refractivity contribution in [3.8, 4) is 0 Å². The van der Waals surface area contributed by atoms with Gasteiger partial charge in [-0.2, -0.15) is 0 Å². The van der Waals surface area contributed by atoms with Gasteiger partial charge in [-0.25, -0.2) is 0 Å². The molecule has 0 aliphatic rings. The summed E-state index contributed by atoms with van der Waals surface area (Å²) in [6, 6.07) is 0. The Hall–Kier alpha value is 1.20. The predicted molar refractivity (Wildman–Crippen MR) is 0 cm³/mol. The fourth-order valence-corrected chi connectivity index (χ4v) is 0. The van der Waals surface area contributed by atoms with Gasteiger partial charge in [0, 0.05) is 0 Å². The Morgan fingerprint density at radius 3 is 0.294 bits per heavy atom. The molecule has 0 aliphatic heterocycles. The molecule has 0 saturated heterocycles. The maximum absolute atomic E-state index is 8.41. The van der Waals surface area contributed by atoms with Gasteiger partial charge in [0.05, 0.1) is 43.1 Å². The first-order valence-electron chi connectivity index (χ1n) is 1.85. The van der Waals surface area contributed by atoms with E-state index in [9.17, 15) is 0 Å². The molecule has 108 valence electrons. The second-order valence-corrected chi connectivity index (χ2v) is 2.27. The van der Waals surface area contributed by atoms with Gasteiger partial charge in [-0.15, -0.1) is 0 Å². The molecule has 0 aromatic heterocycles. The number of halogens is 4. The van der Waals surface area contributed by atoms with E-state index >= 15 is 0 Å². The van der Waals surface area contributed by atoms with Crippen LogP contribution in [0.4, 0.5) is 0 Å². The average molecular weight is 390 g/mol. The van der Waals surface area contributed by atoms with Crippen molar-refractivity contribution in [2.75, 3.05) is 0 Å². The molecule has 0 atom stereocenters.